The van der Waals surface area contributed by atoms with Crippen LogP contribution in [0.4, 0.5) is 5.69 Å². The normalized spacial score (nSPS) is 13.2. The van der Waals surface area contributed by atoms with Crippen molar-refractivity contribution in [1.82, 2.24) is 5.32 Å². The zero-order valence-corrected chi connectivity index (χ0v) is 17.6. The van der Waals surface area contributed by atoms with Gasteiger partial charge < -0.3 is 15.4 Å². The van der Waals surface area contributed by atoms with Crippen LogP contribution in [0.1, 0.15) is 41.5 Å². The van der Waals surface area contributed by atoms with Crippen LogP contribution in [-0.2, 0) is 14.6 Å². The van der Waals surface area contributed by atoms with E-state index in [1.54, 1.807) is 19.1 Å². The van der Waals surface area contributed by atoms with Crippen molar-refractivity contribution in [2.45, 2.75) is 58.5 Å². The number of ether oxygens (including phenoxy) is 1. The molecule has 0 saturated heterocycles. The molecular weight excluding hydrogens is 352 g/mol. The number of anilines is 1. The lowest BCUT2D eigenvalue weighted by Gasteiger charge is -2.28. The summed E-state index contributed by atoms with van der Waals surface area (Å²) in [6.45, 7) is 12.3. The summed E-state index contributed by atoms with van der Waals surface area (Å²) in [5, 5.41) is 6.07. The van der Waals surface area contributed by atoms with Gasteiger partial charge in [-0.2, -0.15) is 0 Å². The molecule has 1 aromatic carbocycles. The highest BCUT2D eigenvalue weighted by molar-refractivity contribution is 7.90. The highest BCUT2D eigenvalue weighted by Gasteiger charge is 2.24. The fraction of sp³-hybridized carbons (Fsp3) is 0.632. The molecule has 0 saturated carbocycles. The second kappa shape index (κ2) is 9.26. The number of hydrogen-bond donors (Lipinski definition) is 2. The van der Waals surface area contributed by atoms with Crippen LogP contribution < -0.4 is 15.4 Å². The minimum Gasteiger partial charge on any atom is -0.494 e. The summed E-state index contributed by atoms with van der Waals surface area (Å²) in [7, 11) is -3.47. The van der Waals surface area contributed by atoms with E-state index in [9.17, 15) is 13.2 Å². The van der Waals surface area contributed by atoms with E-state index in [1.807, 2.05) is 6.92 Å². The second-order valence-electron chi connectivity index (χ2n) is 7.25. The Morgan fingerprint density at radius 2 is 1.69 bits per heavy atom. The Morgan fingerprint density at radius 1 is 1.12 bits per heavy atom. The van der Waals surface area contributed by atoms with Gasteiger partial charge in [0, 0.05) is 18.4 Å². The first kappa shape index (κ1) is 22.3. The van der Waals surface area contributed by atoms with Crippen molar-refractivity contribution in [3.05, 3.63) is 18.2 Å². The molecule has 1 rings (SSSR count). The van der Waals surface area contributed by atoms with E-state index in [2.05, 4.69) is 38.3 Å². The lowest BCUT2D eigenvalue weighted by molar-refractivity contribution is -0.122. The van der Waals surface area contributed by atoms with E-state index in [-0.39, 0.29) is 16.8 Å². The lowest BCUT2D eigenvalue weighted by Crippen LogP contribution is -2.47. The standard InChI is InChI=1S/C19H32N2O4S/c1-8-25-15-9-10-16(17(11-15)26(7,23)24)20-14(6)19(22)21-18(12(2)3)13(4)5/h9-14,18,20H,8H2,1-7H3,(H,21,22). The predicted octanol–water partition coefficient (Wildman–Crippen LogP) is 3.09. The number of sulfone groups is 1. The maximum Gasteiger partial charge on any atom is 0.242 e. The zero-order valence-electron chi connectivity index (χ0n) is 16.8. The smallest absolute Gasteiger partial charge is 0.242 e. The van der Waals surface area contributed by atoms with Crippen molar-refractivity contribution >= 4 is 21.4 Å². The first-order chi connectivity index (χ1) is 12.0. The van der Waals surface area contributed by atoms with Gasteiger partial charge >= 0.3 is 0 Å². The molecule has 0 aliphatic heterocycles. The summed E-state index contributed by atoms with van der Waals surface area (Å²) in [5.41, 5.74) is 0.393. The van der Waals surface area contributed by atoms with E-state index in [1.165, 1.54) is 6.07 Å². The minimum atomic E-state index is -3.47. The van der Waals surface area contributed by atoms with Gasteiger partial charge in [0.1, 0.15) is 11.8 Å². The van der Waals surface area contributed by atoms with Gasteiger partial charge in [-0.1, -0.05) is 27.7 Å². The summed E-state index contributed by atoms with van der Waals surface area (Å²) < 4.78 is 29.6. The largest absolute Gasteiger partial charge is 0.494 e. The molecule has 0 radical (unpaired) electrons. The number of carbonyl (C=O) groups is 1. The number of amides is 1. The van der Waals surface area contributed by atoms with E-state index >= 15 is 0 Å². The first-order valence-corrected chi connectivity index (χ1v) is 10.9. The number of carbonyl (C=O) groups excluding carboxylic acids is 1. The Balaban J connectivity index is 3.01. The third-order valence-electron chi connectivity index (χ3n) is 4.17. The van der Waals surface area contributed by atoms with Crippen molar-refractivity contribution in [2.75, 3.05) is 18.2 Å². The molecule has 0 aliphatic rings. The Bertz CT molecular complexity index is 706. The zero-order chi connectivity index (χ0) is 20.1. The van der Waals surface area contributed by atoms with Gasteiger partial charge in [0.2, 0.25) is 5.91 Å². The predicted molar refractivity (Wildman–Crippen MR) is 105 cm³/mol. The third-order valence-corrected chi connectivity index (χ3v) is 5.31. The van der Waals surface area contributed by atoms with Crippen molar-refractivity contribution in [3.63, 3.8) is 0 Å². The SMILES string of the molecule is CCOc1ccc(NC(C)C(=O)NC(C(C)C)C(C)C)c(S(C)(=O)=O)c1. The summed E-state index contributed by atoms with van der Waals surface area (Å²) in [5.74, 6) is 0.937. The van der Waals surface area contributed by atoms with Crippen LogP contribution in [-0.4, -0.2) is 39.3 Å². The van der Waals surface area contributed by atoms with Crippen LogP contribution in [0.2, 0.25) is 0 Å². The summed E-state index contributed by atoms with van der Waals surface area (Å²) in [6, 6.07) is 4.29. The van der Waals surface area contributed by atoms with E-state index in [0.29, 0.717) is 29.9 Å². The van der Waals surface area contributed by atoms with E-state index in [4.69, 9.17) is 4.74 Å². The Kier molecular flexibility index (Phi) is 7.93. The van der Waals surface area contributed by atoms with Crippen LogP contribution in [0.25, 0.3) is 0 Å². The molecule has 26 heavy (non-hydrogen) atoms. The summed E-state index contributed by atoms with van der Waals surface area (Å²) >= 11 is 0. The molecule has 0 spiro atoms. The number of nitrogens with one attached hydrogen (secondary N) is 2. The third kappa shape index (κ3) is 6.20. The molecule has 1 aromatic rings. The molecule has 7 heteroatoms. The van der Waals surface area contributed by atoms with Crippen molar-refractivity contribution in [2.24, 2.45) is 11.8 Å². The Hall–Kier alpha value is -1.76. The lowest BCUT2D eigenvalue weighted by atomic mass is 9.93. The molecule has 1 unspecified atom stereocenters. The highest BCUT2D eigenvalue weighted by atomic mass is 32.2. The van der Waals surface area contributed by atoms with E-state index in [0.717, 1.165) is 6.26 Å². The van der Waals surface area contributed by atoms with Crippen LogP contribution >= 0.6 is 0 Å². The molecule has 148 valence electrons. The Labute approximate surface area is 157 Å². The maximum absolute atomic E-state index is 12.5. The summed E-state index contributed by atoms with van der Waals surface area (Å²) in [4.78, 5) is 12.7. The van der Waals surface area contributed by atoms with Gasteiger partial charge in [0.25, 0.3) is 0 Å². The topological polar surface area (TPSA) is 84.5 Å². The minimum absolute atomic E-state index is 0.0569. The second-order valence-corrected chi connectivity index (χ2v) is 9.24. The number of hydrogen-bond acceptors (Lipinski definition) is 5. The van der Waals surface area contributed by atoms with Gasteiger partial charge in [0.05, 0.1) is 17.2 Å². The van der Waals surface area contributed by atoms with Crippen LogP contribution in [0, 0.1) is 11.8 Å². The molecule has 6 nitrogen and oxygen atoms in total. The van der Waals surface area contributed by atoms with Crippen molar-refractivity contribution in [3.8, 4) is 5.75 Å². The van der Waals surface area contributed by atoms with E-state index < -0.39 is 15.9 Å². The van der Waals surface area contributed by atoms with Gasteiger partial charge in [0.15, 0.2) is 9.84 Å². The molecule has 2 N–H and O–H groups in total. The first-order valence-electron chi connectivity index (χ1n) is 9.01. The van der Waals surface area contributed by atoms with Gasteiger partial charge in [-0.3, -0.25) is 4.79 Å². The molecule has 0 fully saturated rings. The monoisotopic (exact) mass is 384 g/mol. The van der Waals surface area contributed by atoms with Crippen LogP contribution in [0.5, 0.6) is 5.75 Å². The fourth-order valence-corrected chi connectivity index (χ4v) is 3.73. The van der Waals surface area contributed by atoms with Gasteiger partial charge in [-0.25, -0.2) is 8.42 Å². The molecule has 1 amide bonds. The molecule has 0 aliphatic carbocycles. The molecule has 0 bridgehead atoms. The number of rotatable bonds is 9. The van der Waals surface area contributed by atoms with Crippen LogP contribution in [0.3, 0.4) is 0 Å². The van der Waals surface area contributed by atoms with Crippen LogP contribution in [0.15, 0.2) is 23.1 Å². The molecular formula is C19H32N2O4S. The molecule has 1 atom stereocenters. The molecule has 0 aromatic heterocycles. The average Bonchev–Trinajstić information content (AvgIpc) is 2.52. The number of benzene rings is 1. The van der Waals surface area contributed by atoms with Gasteiger partial charge in [-0.15, -0.1) is 0 Å². The quantitative estimate of drug-likeness (QED) is 0.683. The fourth-order valence-electron chi connectivity index (χ4n) is 2.88. The molecule has 0 heterocycles. The highest BCUT2D eigenvalue weighted by Crippen LogP contribution is 2.27. The Morgan fingerprint density at radius 3 is 2.15 bits per heavy atom. The van der Waals surface area contributed by atoms with Crippen molar-refractivity contribution in [1.29, 1.82) is 0 Å². The average molecular weight is 385 g/mol. The van der Waals surface area contributed by atoms with Crippen molar-refractivity contribution < 1.29 is 17.9 Å². The van der Waals surface area contributed by atoms with Gasteiger partial charge in [-0.05, 0) is 37.8 Å². The maximum atomic E-state index is 12.5. The summed E-state index contributed by atoms with van der Waals surface area (Å²) in [6.07, 6.45) is 1.14.